The minimum absolute atomic E-state index is 0.0291. The maximum absolute atomic E-state index is 13.6. The van der Waals surface area contributed by atoms with E-state index < -0.39 is 41.6 Å². The topological polar surface area (TPSA) is 143 Å². The molecule has 11 heteroatoms. The molecule has 2 amide bonds. The standard InChI is InChI=1S/C31H42N4O7/c1-18(9-7-8-10-19-11-12-19)25-27(33-23-15-20(40-5)13-14-22(23)32-25)42-21-16-24(29(37)41-6)35(17-21)28(36)26(31(2,3)4)34-30(38)39/h9,13-15,19,21,24,26,34H,7-8,10-12,16-17H2,1-6H3,(H,38,39)/p-1/b18-9+/t21-,24+,26-/m1/s1. The van der Waals surface area contributed by atoms with Crippen LogP contribution in [0.3, 0.4) is 0 Å². The van der Waals surface area contributed by atoms with Crippen molar-refractivity contribution in [2.75, 3.05) is 20.8 Å². The highest BCUT2D eigenvalue weighted by atomic mass is 16.5. The maximum Gasteiger partial charge on any atom is 0.328 e. The molecule has 0 radical (unpaired) electrons. The molecule has 1 aliphatic heterocycles. The molecule has 1 saturated carbocycles. The predicted octanol–water partition coefficient (Wildman–Crippen LogP) is 3.49. The highest BCUT2D eigenvalue weighted by molar-refractivity contribution is 5.90. The van der Waals surface area contributed by atoms with Gasteiger partial charge in [0.2, 0.25) is 11.8 Å². The van der Waals surface area contributed by atoms with Gasteiger partial charge in [0, 0.05) is 12.5 Å². The zero-order chi connectivity index (χ0) is 30.6. The number of carboxylic acid groups (broad SMARTS) is 1. The van der Waals surface area contributed by atoms with Crippen molar-refractivity contribution < 1.29 is 33.7 Å². The number of carbonyl (C=O) groups is 3. The highest BCUT2D eigenvalue weighted by Gasteiger charge is 2.46. The van der Waals surface area contributed by atoms with E-state index in [9.17, 15) is 19.5 Å². The number of benzene rings is 1. The van der Waals surface area contributed by atoms with Crippen molar-refractivity contribution in [3.05, 3.63) is 30.0 Å². The molecular formula is C31H41N4O7-. The molecule has 228 valence electrons. The normalized spacial score (nSPS) is 19.9. The molecule has 0 bridgehead atoms. The minimum atomic E-state index is -1.57. The molecule has 2 aliphatic rings. The van der Waals surface area contributed by atoms with Gasteiger partial charge in [0.15, 0.2) is 0 Å². The van der Waals surface area contributed by atoms with Gasteiger partial charge in [-0.1, -0.05) is 46.1 Å². The van der Waals surface area contributed by atoms with Crippen LogP contribution in [0.25, 0.3) is 16.6 Å². The number of amides is 2. The average molecular weight is 582 g/mol. The lowest BCUT2D eigenvalue weighted by atomic mass is 9.85. The van der Waals surface area contributed by atoms with Gasteiger partial charge in [-0.25, -0.2) is 14.8 Å². The molecular weight excluding hydrogens is 540 g/mol. The van der Waals surface area contributed by atoms with E-state index in [2.05, 4.69) is 11.4 Å². The van der Waals surface area contributed by atoms with Crippen LogP contribution < -0.4 is 19.9 Å². The fourth-order valence-corrected chi connectivity index (χ4v) is 5.29. The number of hydrogen-bond donors (Lipinski definition) is 1. The van der Waals surface area contributed by atoms with Crippen molar-refractivity contribution in [3.8, 4) is 11.6 Å². The summed E-state index contributed by atoms with van der Waals surface area (Å²) in [4.78, 5) is 48.8. The summed E-state index contributed by atoms with van der Waals surface area (Å²) in [6.07, 6.45) is 5.99. The monoisotopic (exact) mass is 581 g/mol. The minimum Gasteiger partial charge on any atom is -0.530 e. The van der Waals surface area contributed by atoms with Crippen molar-refractivity contribution in [2.45, 2.75) is 84.4 Å². The first-order valence-corrected chi connectivity index (χ1v) is 14.5. The number of allylic oxidation sites excluding steroid dienone is 2. The lowest BCUT2D eigenvalue weighted by molar-refractivity contribution is -0.252. The van der Waals surface area contributed by atoms with Crippen LogP contribution in [-0.2, 0) is 14.3 Å². The number of unbranched alkanes of at least 4 members (excludes halogenated alkanes) is 1. The Morgan fingerprint density at radius 2 is 1.90 bits per heavy atom. The lowest BCUT2D eigenvalue weighted by Crippen LogP contribution is -2.59. The first kappa shape index (κ1) is 31.1. The molecule has 0 spiro atoms. The lowest BCUT2D eigenvalue weighted by Gasteiger charge is -2.35. The Kier molecular flexibility index (Phi) is 9.58. The molecule has 1 aliphatic carbocycles. The number of nitrogens with zero attached hydrogens (tertiary/aromatic N) is 3. The van der Waals surface area contributed by atoms with E-state index in [1.54, 1.807) is 33.9 Å². The third-order valence-corrected chi connectivity index (χ3v) is 7.85. The van der Waals surface area contributed by atoms with Gasteiger partial charge >= 0.3 is 5.97 Å². The van der Waals surface area contributed by atoms with Gasteiger partial charge in [-0.15, -0.1) is 0 Å². The number of aromatic nitrogens is 2. The number of carbonyl (C=O) groups excluding carboxylic acids is 3. The molecule has 0 unspecified atom stereocenters. The van der Waals surface area contributed by atoms with E-state index in [1.807, 2.05) is 19.1 Å². The molecule has 4 rings (SSSR count). The Balaban J connectivity index is 1.64. The molecule has 2 heterocycles. The Bertz CT molecular complexity index is 1350. The van der Waals surface area contributed by atoms with E-state index >= 15 is 0 Å². The number of likely N-dealkylation sites (tertiary alicyclic amines) is 1. The van der Waals surface area contributed by atoms with Gasteiger partial charge < -0.3 is 34.3 Å². The molecule has 1 saturated heterocycles. The molecule has 3 atom stereocenters. The number of rotatable bonds is 11. The van der Waals surface area contributed by atoms with E-state index in [4.69, 9.17) is 24.2 Å². The number of fused-ring (bicyclic) bond motifs is 1. The van der Waals surface area contributed by atoms with Gasteiger partial charge in [0.05, 0.1) is 31.8 Å². The van der Waals surface area contributed by atoms with Crippen molar-refractivity contribution in [1.29, 1.82) is 0 Å². The third kappa shape index (κ3) is 7.49. The van der Waals surface area contributed by atoms with Crippen LogP contribution in [0.1, 0.15) is 71.9 Å². The third-order valence-electron chi connectivity index (χ3n) is 7.85. The summed E-state index contributed by atoms with van der Waals surface area (Å²) in [5, 5.41) is 13.6. The Hall–Kier alpha value is -3.89. The first-order chi connectivity index (χ1) is 19.9. The number of methoxy groups -OCH3 is 2. The van der Waals surface area contributed by atoms with Crippen LogP contribution >= 0.6 is 0 Å². The molecule has 11 nitrogen and oxygen atoms in total. The second-order valence-corrected chi connectivity index (χ2v) is 12.2. The second kappa shape index (κ2) is 13.0. The summed E-state index contributed by atoms with van der Waals surface area (Å²) in [6, 6.07) is 3.34. The molecule has 1 aromatic carbocycles. The summed E-state index contributed by atoms with van der Waals surface area (Å²) in [7, 11) is 2.82. The largest absolute Gasteiger partial charge is 0.530 e. The van der Waals surface area contributed by atoms with E-state index in [0.29, 0.717) is 22.5 Å². The van der Waals surface area contributed by atoms with Gasteiger partial charge in [0.25, 0.3) is 0 Å². The number of hydrogen-bond acceptors (Lipinski definition) is 9. The van der Waals surface area contributed by atoms with Gasteiger partial charge in [0.1, 0.15) is 35.7 Å². The Morgan fingerprint density at radius 1 is 1.17 bits per heavy atom. The van der Waals surface area contributed by atoms with E-state index in [0.717, 1.165) is 24.3 Å². The van der Waals surface area contributed by atoms with Crippen molar-refractivity contribution in [3.63, 3.8) is 0 Å². The van der Waals surface area contributed by atoms with Gasteiger partial charge in [-0.2, -0.15) is 0 Å². The van der Waals surface area contributed by atoms with E-state index in [-0.39, 0.29) is 18.8 Å². The molecule has 42 heavy (non-hydrogen) atoms. The van der Waals surface area contributed by atoms with Crippen LogP contribution in [0.2, 0.25) is 0 Å². The molecule has 2 fully saturated rings. The summed E-state index contributed by atoms with van der Waals surface area (Å²) >= 11 is 0. The van der Waals surface area contributed by atoms with Gasteiger partial charge in [-0.05, 0) is 48.8 Å². The van der Waals surface area contributed by atoms with Crippen LogP contribution in [0.4, 0.5) is 4.79 Å². The molecule has 2 aromatic rings. The van der Waals surface area contributed by atoms with Crippen LogP contribution in [-0.4, -0.2) is 71.8 Å². The van der Waals surface area contributed by atoms with Crippen LogP contribution in [0.15, 0.2) is 24.3 Å². The molecule has 1 aromatic heterocycles. The van der Waals surface area contributed by atoms with Crippen LogP contribution in [0, 0.1) is 11.3 Å². The zero-order valence-corrected chi connectivity index (χ0v) is 25.3. The Morgan fingerprint density at radius 3 is 2.52 bits per heavy atom. The summed E-state index contributed by atoms with van der Waals surface area (Å²) in [6.45, 7) is 7.20. The predicted molar refractivity (Wildman–Crippen MR) is 155 cm³/mol. The second-order valence-electron chi connectivity index (χ2n) is 12.2. The first-order valence-electron chi connectivity index (χ1n) is 14.5. The van der Waals surface area contributed by atoms with Crippen molar-refractivity contribution in [1.82, 2.24) is 20.2 Å². The number of nitrogens with one attached hydrogen (secondary N) is 1. The summed E-state index contributed by atoms with van der Waals surface area (Å²) in [5.74, 6) is 0.602. The Labute approximate surface area is 246 Å². The van der Waals surface area contributed by atoms with Crippen molar-refractivity contribution in [2.24, 2.45) is 11.3 Å². The number of esters is 1. The number of ether oxygens (including phenoxy) is 3. The maximum atomic E-state index is 13.6. The fourth-order valence-electron chi connectivity index (χ4n) is 5.29. The van der Waals surface area contributed by atoms with Crippen molar-refractivity contribution >= 4 is 34.6 Å². The van der Waals surface area contributed by atoms with Crippen LogP contribution in [0.5, 0.6) is 11.6 Å². The quantitative estimate of drug-likeness (QED) is 0.312. The van der Waals surface area contributed by atoms with E-state index in [1.165, 1.54) is 31.3 Å². The summed E-state index contributed by atoms with van der Waals surface area (Å²) in [5.41, 5.74) is 1.99. The fraction of sp³-hybridized carbons (Fsp3) is 0.581. The SMILES string of the molecule is COC(=O)[C@@H]1C[C@@H](Oc2nc3cc(OC)ccc3nc2/C(C)=C/CCCC2CC2)CN1C(=O)[C@@H](NC(=O)[O-])C(C)(C)C. The summed E-state index contributed by atoms with van der Waals surface area (Å²) < 4.78 is 16.8. The average Bonchev–Trinajstić information content (AvgIpc) is 3.68. The molecule has 1 N–H and O–H groups in total. The van der Waals surface area contributed by atoms with Gasteiger partial charge in [-0.3, -0.25) is 4.79 Å². The smallest absolute Gasteiger partial charge is 0.328 e. The zero-order valence-electron chi connectivity index (χ0n) is 25.3. The highest BCUT2D eigenvalue weighted by Crippen LogP contribution is 2.35.